The Bertz CT molecular complexity index is 664. The van der Waals surface area contributed by atoms with Crippen LogP contribution >= 0.6 is 0 Å². The monoisotopic (exact) mass is 326 g/mol. The highest BCUT2D eigenvalue weighted by Crippen LogP contribution is 2.24. The van der Waals surface area contributed by atoms with E-state index in [1.165, 1.54) is 11.1 Å². The number of rotatable bonds is 2. The third-order valence-corrected chi connectivity index (χ3v) is 5.49. The highest BCUT2D eigenvalue weighted by Gasteiger charge is 2.38. The fourth-order valence-corrected chi connectivity index (χ4v) is 4.00. The van der Waals surface area contributed by atoms with Crippen molar-refractivity contribution < 1.29 is 17.9 Å². The van der Waals surface area contributed by atoms with Crippen molar-refractivity contribution in [3.05, 3.63) is 23.9 Å². The fourth-order valence-electron chi connectivity index (χ4n) is 2.31. The molecule has 0 spiro atoms. The maximum Gasteiger partial charge on any atom is 0.410 e. The Balaban J connectivity index is 2.11. The van der Waals surface area contributed by atoms with Gasteiger partial charge in [0.1, 0.15) is 5.60 Å². The molecule has 0 aliphatic carbocycles. The number of aromatic nitrogens is 1. The molecule has 2 heterocycles. The van der Waals surface area contributed by atoms with Crippen LogP contribution in [0.3, 0.4) is 0 Å². The number of ether oxygens (including phenoxy) is 1. The molecule has 6 nitrogen and oxygen atoms in total. The standard InChI is InChI=1S/C15H22N2O4S/c1-11-5-7-16-13(9-11)22(19,20)12-6-8-17(10-12)14(18)21-15(2,3)4/h5,7,9,12H,6,8,10H2,1-4H3/t12-/m1/s1. The summed E-state index contributed by atoms with van der Waals surface area (Å²) >= 11 is 0. The van der Waals surface area contributed by atoms with Gasteiger partial charge in [0.2, 0.25) is 0 Å². The van der Waals surface area contributed by atoms with Gasteiger partial charge in [-0.3, -0.25) is 0 Å². The van der Waals surface area contributed by atoms with Gasteiger partial charge in [-0.1, -0.05) is 0 Å². The van der Waals surface area contributed by atoms with E-state index >= 15 is 0 Å². The van der Waals surface area contributed by atoms with E-state index < -0.39 is 26.8 Å². The molecule has 0 bridgehead atoms. The third kappa shape index (κ3) is 3.76. The van der Waals surface area contributed by atoms with Gasteiger partial charge in [0, 0.05) is 19.3 Å². The second kappa shape index (κ2) is 5.87. The van der Waals surface area contributed by atoms with Crippen molar-refractivity contribution in [3.63, 3.8) is 0 Å². The van der Waals surface area contributed by atoms with Crippen LogP contribution in [0.5, 0.6) is 0 Å². The van der Waals surface area contributed by atoms with E-state index in [-0.39, 0.29) is 11.6 Å². The van der Waals surface area contributed by atoms with Gasteiger partial charge in [0.25, 0.3) is 0 Å². The number of hydrogen-bond acceptors (Lipinski definition) is 5. The largest absolute Gasteiger partial charge is 0.444 e. The highest BCUT2D eigenvalue weighted by molar-refractivity contribution is 7.92. The summed E-state index contributed by atoms with van der Waals surface area (Å²) < 4.78 is 30.5. The molecule has 1 fully saturated rings. The number of hydrogen-bond donors (Lipinski definition) is 0. The summed E-state index contributed by atoms with van der Waals surface area (Å²) in [4.78, 5) is 17.4. The molecule has 1 aromatic heterocycles. The molecule has 0 saturated carbocycles. The number of pyridine rings is 1. The van der Waals surface area contributed by atoms with Crippen molar-refractivity contribution in [2.45, 2.75) is 50.0 Å². The van der Waals surface area contributed by atoms with Crippen LogP contribution in [0.15, 0.2) is 23.4 Å². The highest BCUT2D eigenvalue weighted by atomic mass is 32.2. The molecule has 2 rings (SSSR count). The Morgan fingerprint density at radius 1 is 1.41 bits per heavy atom. The number of carbonyl (C=O) groups is 1. The first kappa shape index (κ1) is 16.7. The van der Waals surface area contributed by atoms with Gasteiger partial charge in [-0.15, -0.1) is 0 Å². The molecule has 0 radical (unpaired) electrons. The van der Waals surface area contributed by atoms with Gasteiger partial charge < -0.3 is 9.64 Å². The van der Waals surface area contributed by atoms with Crippen LogP contribution in [0.2, 0.25) is 0 Å². The number of amides is 1. The van der Waals surface area contributed by atoms with E-state index in [9.17, 15) is 13.2 Å². The predicted molar refractivity (Wildman–Crippen MR) is 82.4 cm³/mol. The van der Waals surface area contributed by atoms with E-state index in [1.54, 1.807) is 32.9 Å². The smallest absolute Gasteiger partial charge is 0.410 e. The first-order valence-electron chi connectivity index (χ1n) is 7.24. The molecule has 0 aromatic carbocycles. The van der Waals surface area contributed by atoms with Crippen LogP contribution < -0.4 is 0 Å². The Morgan fingerprint density at radius 3 is 2.68 bits per heavy atom. The van der Waals surface area contributed by atoms with Crippen molar-refractivity contribution in [3.8, 4) is 0 Å². The Labute approximate surface area is 131 Å². The van der Waals surface area contributed by atoms with Gasteiger partial charge in [-0.05, 0) is 51.8 Å². The molecule has 0 N–H and O–H groups in total. The van der Waals surface area contributed by atoms with Crippen molar-refractivity contribution in [1.29, 1.82) is 0 Å². The lowest BCUT2D eigenvalue weighted by atomic mass is 10.2. The van der Waals surface area contributed by atoms with Gasteiger partial charge in [-0.2, -0.15) is 0 Å². The molecule has 1 amide bonds. The van der Waals surface area contributed by atoms with Crippen LogP contribution in [0.1, 0.15) is 32.8 Å². The van der Waals surface area contributed by atoms with Gasteiger partial charge in [-0.25, -0.2) is 18.2 Å². The molecule has 1 aliphatic heterocycles. The van der Waals surface area contributed by atoms with E-state index in [0.717, 1.165) is 5.56 Å². The molecule has 7 heteroatoms. The fraction of sp³-hybridized carbons (Fsp3) is 0.600. The molecule has 1 saturated heterocycles. The van der Waals surface area contributed by atoms with Gasteiger partial charge in [0.05, 0.1) is 5.25 Å². The van der Waals surface area contributed by atoms with Crippen molar-refractivity contribution in [1.82, 2.24) is 9.88 Å². The third-order valence-electron chi connectivity index (χ3n) is 3.42. The maximum atomic E-state index is 12.6. The summed E-state index contributed by atoms with van der Waals surface area (Å²) in [5, 5.41) is -0.558. The number of sulfone groups is 1. The van der Waals surface area contributed by atoms with Crippen molar-refractivity contribution in [2.24, 2.45) is 0 Å². The molecule has 122 valence electrons. The van der Waals surface area contributed by atoms with E-state index in [1.807, 2.05) is 6.92 Å². The van der Waals surface area contributed by atoms with Crippen LogP contribution in [0.4, 0.5) is 4.79 Å². The van der Waals surface area contributed by atoms with Crippen LogP contribution in [-0.2, 0) is 14.6 Å². The van der Waals surface area contributed by atoms with Crippen molar-refractivity contribution in [2.75, 3.05) is 13.1 Å². The summed E-state index contributed by atoms with van der Waals surface area (Å²) in [5.74, 6) is 0. The lowest BCUT2D eigenvalue weighted by Crippen LogP contribution is -2.36. The zero-order chi connectivity index (χ0) is 16.5. The van der Waals surface area contributed by atoms with Crippen molar-refractivity contribution >= 4 is 15.9 Å². The van der Waals surface area contributed by atoms with Crippen LogP contribution in [0, 0.1) is 6.92 Å². The predicted octanol–water partition coefficient (Wildman–Crippen LogP) is 2.17. The number of nitrogens with zero attached hydrogens (tertiary/aromatic N) is 2. The van der Waals surface area contributed by atoms with Crippen LogP contribution in [-0.4, -0.2) is 48.3 Å². The summed E-state index contributed by atoms with van der Waals surface area (Å²) in [5.41, 5.74) is 0.252. The zero-order valence-corrected chi connectivity index (χ0v) is 14.2. The number of likely N-dealkylation sites (tertiary alicyclic amines) is 1. The SMILES string of the molecule is Cc1ccnc(S(=O)(=O)[C@@H]2CCN(C(=O)OC(C)(C)C)C2)c1. The summed E-state index contributed by atoms with van der Waals surface area (Å²) in [6.45, 7) is 7.70. The first-order valence-corrected chi connectivity index (χ1v) is 8.79. The van der Waals surface area contributed by atoms with Crippen LogP contribution in [0.25, 0.3) is 0 Å². The number of carbonyl (C=O) groups excluding carboxylic acids is 1. The maximum absolute atomic E-state index is 12.6. The Morgan fingerprint density at radius 2 is 2.09 bits per heavy atom. The van der Waals surface area contributed by atoms with Gasteiger partial charge in [0.15, 0.2) is 14.9 Å². The van der Waals surface area contributed by atoms with Gasteiger partial charge >= 0.3 is 6.09 Å². The molecule has 1 aromatic rings. The van der Waals surface area contributed by atoms with E-state index in [0.29, 0.717) is 13.0 Å². The molecule has 0 unspecified atom stereocenters. The molecule has 22 heavy (non-hydrogen) atoms. The van der Waals surface area contributed by atoms with E-state index in [4.69, 9.17) is 4.74 Å². The first-order chi connectivity index (χ1) is 10.1. The normalized spacial score (nSPS) is 19.3. The lowest BCUT2D eigenvalue weighted by Gasteiger charge is -2.24. The quantitative estimate of drug-likeness (QED) is 0.832. The second-order valence-corrected chi connectivity index (χ2v) is 8.73. The minimum Gasteiger partial charge on any atom is -0.444 e. The minimum absolute atomic E-state index is 0.0727. The average molecular weight is 326 g/mol. The molecular formula is C15H22N2O4S. The zero-order valence-electron chi connectivity index (χ0n) is 13.4. The summed E-state index contributed by atoms with van der Waals surface area (Å²) in [6, 6.07) is 3.31. The lowest BCUT2D eigenvalue weighted by molar-refractivity contribution is 0.0295. The second-order valence-electron chi connectivity index (χ2n) is 6.55. The van der Waals surface area contributed by atoms with E-state index in [2.05, 4.69) is 4.98 Å². The average Bonchev–Trinajstić information content (AvgIpc) is 2.87. The molecule has 1 aliphatic rings. The molecular weight excluding hydrogens is 304 g/mol. The molecule has 1 atom stereocenters. The number of aryl methyl sites for hydroxylation is 1. The summed E-state index contributed by atoms with van der Waals surface area (Å²) in [7, 11) is -3.53. The Kier molecular flexibility index (Phi) is 4.47. The summed E-state index contributed by atoms with van der Waals surface area (Å²) in [6.07, 6.45) is 1.42. The minimum atomic E-state index is -3.53. The Hall–Kier alpha value is -1.63. The topological polar surface area (TPSA) is 76.6 Å².